The standard InChI is InChI=1S/C11H16FNO9/c1-3(15)13-5-7(6(17)4(16)2-14)21-11(9(19)20)10(12,22-11)8(5)18/h4-8,14,16-18H,2H2,1H3,(H,13,15)(H,19,20)/t4-,5+,6-,7-,8-,10-,11?/m1/s1. The molecule has 0 aromatic heterocycles. The van der Waals surface area contributed by atoms with Gasteiger partial charge in [-0.25, -0.2) is 9.18 Å². The average molecular weight is 325 g/mol. The Morgan fingerprint density at radius 3 is 2.45 bits per heavy atom. The lowest BCUT2D eigenvalue weighted by Gasteiger charge is -2.40. The number of aliphatic hydroxyl groups is 4. The van der Waals surface area contributed by atoms with Gasteiger partial charge in [-0.3, -0.25) is 9.53 Å². The number of rotatable bonds is 5. The quantitative estimate of drug-likeness (QED) is 0.280. The number of fused-ring (bicyclic) bond motifs is 1. The summed E-state index contributed by atoms with van der Waals surface area (Å²) >= 11 is 0. The third kappa shape index (κ3) is 2.26. The topological polar surface area (TPSA) is 169 Å². The number of ether oxygens (including phenoxy) is 2. The Morgan fingerprint density at radius 1 is 1.41 bits per heavy atom. The molecule has 0 aliphatic carbocycles. The molecule has 2 saturated heterocycles. The lowest BCUT2D eigenvalue weighted by molar-refractivity contribution is -0.219. The number of nitrogens with one attached hydrogen (secondary N) is 1. The predicted molar refractivity (Wildman–Crippen MR) is 62.9 cm³/mol. The maximum Gasteiger partial charge on any atom is 0.371 e. The van der Waals surface area contributed by atoms with Gasteiger partial charge in [-0.15, -0.1) is 0 Å². The first-order chi connectivity index (χ1) is 10.1. The molecule has 0 bridgehead atoms. The van der Waals surface area contributed by atoms with Crippen LogP contribution in [-0.4, -0.2) is 86.1 Å². The van der Waals surface area contributed by atoms with Gasteiger partial charge < -0.3 is 35.6 Å². The molecule has 6 N–H and O–H groups in total. The van der Waals surface area contributed by atoms with Crippen LogP contribution in [0.2, 0.25) is 0 Å². The summed E-state index contributed by atoms with van der Waals surface area (Å²) in [6, 6.07) is -1.60. The second-order valence-corrected chi connectivity index (χ2v) is 5.16. The molecular formula is C11H16FNO9. The van der Waals surface area contributed by atoms with Crippen LogP contribution >= 0.6 is 0 Å². The number of carboxylic acids is 1. The van der Waals surface area contributed by atoms with Gasteiger partial charge in [0.25, 0.3) is 0 Å². The molecule has 2 fully saturated rings. The molecule has 0 saturated carbocycles. The normalized spacial score (nSPS) is 42.9. The molecule has 0 aromatic carbocycles. The van der Waals surface area contributed by atoms with Crippen LogP contribution in [0.25, 0.3) is 0 Å². The molecule has 2 heterocycles. The zero-order chi connectivity index (χ0) is 16.9. The lowest BCUT2D eigenvalue weighted by Crippen LogP contribution is -2.67. The van der Waals surface area contributed by atoms with E-state index in [1.165, 1.54) is 0 Å². The molecule has 2 aliphatic rings. The number of alkyl halides is 1. The molecular weight excluding hydrogens is 309 g/mol. The highest BCUT2D eigenvalue weighted by Crippen LogP contribution is 2.57. The van der Waals surface area contributed by atoms with Crippen molar-refractivity contribution in [1.29, 1.82) is 0 Å². The van der Waals surface area contributed by atoms with Crippen LogP contribution in [0.15, 0.2) is 0 Å². The molecule has 7 atom stereocenters. The fourth-order valence-electron chi connectivity index (χ4n) is 2.46. The van der Waals surface area contributed by atoms with Gasteiger partial charge in [0, 0.05) is 6.92 Å². The fourth-order valence-corrected chi connectivity index (χ4v) is 2.46. The summed E-state index contributed by atoms with van der Waals surface area (Å²) in [5, 5.41) is 49.2. The number of aliphatic hydroxyl groups excluding tert-OH is 4. The number of aliphatic carboxylic acids is 1. The zero-order valence-corrected chi connectivity index (χ0v) is 11.3. The van der Waals surface area contributed by atoms with Gasteiger partial charge in [-0.2, -0.15) is 0 Å². The van der Waals surface area contributed by atoms with E-state index < -0.39 is 60.6 Å². The molecule has 10 nitrogen and oxygen atoms in total. The number of hydrogen-bond donors (Lipinski definition) is 6. The van der Waals surface area contributed by atoms with Crippen LogP contribution < -0.4 is 5.32 Å². The summed E-state index contributed by atoms with van der Waals surface area (Å²) in [7, 11) is 0. The third-order valence-corrected chi connectivity index (χ3v) is 3.65. The monoisotopic (exact) mass is 325 g/mol. The second kappa shape index (κ2) is 5.37. The van der Waals surface area contributed by atoms with Crippen LogP contribution in [0.4, 0.5) is 4.39 Å². The highest BCUT2D eigenvalue weighted by molar-refractivity contribution is 5.81. The van der Waals surface area contributed by atoms with Crippen LogP contribution in [0.1, 0.15) is 6.92 Å². The van der Waals surface area contributed by atoms with Crippen molar-refractivity contribution >= 4 is 11.9 Å². The van der Waals surface area contributed by atoms with Crippen LogP contribution in [0, 0.1) is 0 Å². The van der Waals surface area contributed by atoms with Gasteiger partial charge in [0.05, 0.1) is 12.6 Å². The van der Waals surface area contributed by atoms with E-state index in [1.54, 1.807) is 0 Å². The van der Waals surface area contributed by atoms with E-state index in [0.29, 0.717) is 0 Å². The molecule has 11 heteroatoms. The Kier molecular flexibility index (Phi) is 4.14. The number of carboxylic acid groups (broad SMARTS) is 1. The predicted octanol–water partition coefficient (Wildman–Crippen LogP) is -3.56. The molecule has 1 amide bonds. The third-order valence-electron chi connectivity index (χ3n) is 3.65. The van der Waals surface area contributed by atoms with E-state index in [4.69, 9.17) is 14.9 Å². The van der Waals surface area contributed by atoms with Crippen LogP contribution in [0.5, 0.6) is 0 Å². The Bertz CT molecular complexity index is 490. The summed E-state index contributed by atoms with van der Waals surface area (Å²) in [6.07, 6.45) is -7.60. The summed E-state index contributed by atoms with van der Waals surface area (Å²) in [6.45, 7) is 0.127. The lowest BCUT2D eigenvalue weighted by atomic mass is 9.89. The minimum Gasteiger partial charge on any atom is -0.477 e. The van der Waals surface area contributed by atoms with Crippen molar-refractivity contribution in [2.45, 2.75) is 49.0 Å². The number of epoxide rings is 1. The Hall–Kier alpha value is -1.37. The summed E-state index contributed by atoms with van der Waals surface area (Å²) in [4.78, 5) is 22.3. The van der Waals surface area contributed by atoms with Gasteiger partial charge in [0.15, 0.2) is 0 Å². The van der Waals surface area contributed by atoms with Gasteiger partial charge >= 0.3 is 17.6 Å². The van der Waals surface area contributed by atoms with Crippen molar-refractivity contribution in [2.75, 3.05) is 6.61 Å². The SMILES string of the molecule is CC(=O)N[C@H]1[C@H]([C@H](O)[C@H](O)CO)OC2(C(=O)O)O[C@]2(F)[C@@H]1O. The van der Waals surface area contributed by atoms with E-state index >= 15 is 0 Å². The first-order valence-electron chi connectivity index (χ1n) is 6.33. The van der Waals surface area contributed by atoms with Crippen LogP contribution in [0.3, 0.4) is 0 Å². The fraction of sp³-hybridized carbons (Fsp3) is 0.818. The summed E-state index contributed by atoms with van der Waals surface area (Å²) in [5.41, 5.74) is 0. The van der Waals surface area contributed by atoms with Crippen molar-refractivity contribution in [3.8, 4) is 0 Å². The minimum absolute atomic E-state index is 0.726. The maximum atomic E-state index is 14.3. The average Bonchev–Trinajstić information content (AvgIpc) is 3.08. The largest absolute Gasteiger partial charge is 0.477 e. The van der Waals surface area contributed by atoms with E-state index in [0.717, 1.165) is 6.92 Å². The molecule has 0 spiro atoms. The molecule has 0 aromatic rings. The van der Waals surface area contributed by atoms with Gasteiger partial charge in [-0.1, -0.05) is 0 Å². The Labute approximate surface area is 123 Å². The summed E-state index contributed by atoms with van der Waals surface area (Å²) in [5.74, 6) is -8.56. The number of carbonyl (C=O) groups is 2. The van der Waals surface area contributed by atoms with Crippen molar-refractivity contribution < 1.29 is 49.0 Å². The summed E-state index contributed by atoms with van der Waals surface area (Å²) < 4.78 is 23.6. The smallest absolute Gasteiger partial charge is 0.371 e. The van der Waals surface area contributed by atoms with Crippen molar-refractivity contribution in [2.24, 2.45) is 0 Å². The van der Waals surface area contributed by atoms with E-state index in [-0.39, 0.29) is 0 Å². The van der Waals surface area contributed by atoms with E-state index in [2.05, 4.69) is 10.1 Å². The number of carbonyl (C=O) groups excluding carboxylic acids is 1. The van der Waals surface area contributed by atoms with Crippen molar-refractivity contribution in [3.63, 3.8) is 0 Å². The Morgan fingerprint density at radius 2 is 2.00 bits per heavy atom. The van der Waals surface area contributed by atoms with Crippen LogP contribution in [-0.2, 0) is 19.1 Å². The van der Waals surface area contributed by atoms with Crippen molar-refractivity contribution in [3.05, 3.63) is 0 Å². The molecule has 126 valence electrons. The highest BCUT2D eigenvalue weighted by atomic mass is 19.2. The van der Waals surface area contributed by atoms with Gasteiger partial charge in [-0.05, 0) is 0 Å². The molecule has 2 aliphatic heterocycles. The van der Waals surface area contributed by atoms with Gasteiger partial charge in [0.1, 0.15) is 24.4 Å². The first kappa shape index (κ1) is 17.0. The van der Waals surface area contributed by atoms with E-state index in [9.17, 15) is 29.3 Å². The number of amides is 1. The van der Waals surface area contributed by atoms with Crippen molar-refractivity contribution in [1.82, 2.24) is 5.32 Å². The molecule has 0 radical (unpaired) electrons. The minimum atomic E-state index is -3.10. The van der Waals surface area contributed by atoms with E-state index in [1.807, 2.05) is 0 Å². The molecule has 1 unspecified atom stereocenters. The molecule has 2 rings (SSSR count). The molecule has 22 heavy (non-hydrogen) atoms. The Balaban J connectivity index is 2.35. The highest BCUT2D eigenvalue weighted by Gasteiger charge is 2.87. The second-order valence-electron chi connectivity index (χ2n) is 5.16. The maximum absolute atomic E-state index is 14.3. The first-order valence-corrected chi connectivity index (χ1v) is 6.33. The number of hydrogen-bond acceptors (Lipinski definition) is 8. The van der Waals surface area contributed by atoms with Gasteiger partial charge in [0.2, 0.25) is 5.91 Å². The number of halogens is 1. The zero-order valence-electron chi connectivity index (χ0n) is 11.3.